The molecule has 2 aliphatic carbocycles. The average Bonchev–Trinajstić information content (AvgIpc) is 2.50. The lowest BCUT2D eigenvalue weighted by molar-refractivity contribution is -0.122. The van der Waals surface area contributed by atoms with E-state index in [2.05, 4.69) is 5.32 Å². The zero-order chi connectivity index (χ0) is 16.4. The van der Waals surface area contributed by atoms with Crippen LogP contribution in [0.3, 0.4) is 0 Å². The molecule has 3 N–H and O–H groups in total. The van der Waals surface area contributed by atoms with Crippen LogP contribution in [-0.2, 0) is 4.79 Å². The molecule has 0 aromatic heterocycles. The summed E-state index contributed by atoms with van der Waals surface area (Å²) in [6, 6.07) is 4.46. The summed E-state index contributed by atoms with van der Waals surface area (Å²) in [7, 11) is 0. The highest BCUT2D eigenvalue weighted by Gasteiger charge is 2.40. The first-order valence-corrected chi connectivity index (χ1v) is 8.57. The van der Waals surface area contributed by atoms with E-state index in [1.54, 1.807) is 6.07 Å². The maximum absolute atomic E-state index is 13.4. The lowest BCUT2D eigenvalue weighted by Crippen LogP contribution is -2.48. The predicted molar refractivity (Wildman–Crippen MR) is 95.0 cm³/mol. The van der Waals surface area contributed by atoms with E-state index >= 15 is 0 Å². The number of amides is 1. The molecule has 1 aromatic rings. The molecule has 2 aliphatic rings. The number of carbonyl (C=O) groups excluding carboxylic acids is 1. The van der Waals surface area contributed by atoms with Crippen molar-refractivity contribution < 1.29 is 13.9 Å². The minimum absolute atomic E-state index is 0. The third-order valence-electron chi connectivity index (χ3n) is 5.29. The molecule has 0 heterocycles. The Bertz CT molecular complexity index is 570. The van der Waals surface area contributed by atoms with Crippen molar-refractivity contribution in [2.45, 2.75) is 45.1 Å². The molecule has 0 saturated heterocycles. The van der Waals surface area contributed by atoms with E-state index in [1.807, 2.05) is 6.92 Å². The Morgan fingerprint density at radius 3 is 2.62 bits per heavy atom. The van der Waals surface area contributed by atoms with E-state index < -0.39 is 0 Å². The number of ether oxygens (including phenoxy) is 1. The molecule has 1 aromatic carbocycles. The van der Waals surface area contributed by atoms with Gasteiger partial charge in [0.1, 0.15) is 11.6 Å². The van der Waals surface area contributed by atoms with Crippen LogP contribution in [0.1, 0.15) is 39.0 Å². The Hall–Kier alpha value is -1.33. The standard InChI is InChI=1S/C18H25FN2O2.ClH/c1-2-23-16-10-14(19)6-7-15(16)21-18(22)13-8-11-4-3-5-12(9-13)17(11)20;/h6-7,10-13,17H,2-5,8-9,20H2,1H3,(H,21,22);1H. The van der Waals surface area contributed by atoms with Crippen LogP contribution in [0.25, 0.3) is 0 Å². The molecule has 24 heavy (non-hydrogen) atoms. The summed E-state index contributed by atoms with van der Waals surface area (Å²) < 4.78 is 18.8. The van der Waals surface area contributed by atoms with Crippen LogP contribution in [0.4, 0.5) is 10.1 Å². The maximum atomic E-state index is 13.4. The first-order valence-electron chi connectivity index (χ1n) is 8.57. The highest BCUT2D eigenvalue weighted by Crippen LogP contribution is 2.42. The Morgan fingerprint density at radius 1 is 1.33 bits per heavy atom. The van der Waals surface area contributed by atoms with Gasteiger partial charge in [0.15, 0.2) is 0 Å². The second-order valence-electron chi connectivity index (χ2n) is 6.76. The van der Waals surface area contributed by atoms with Gasteiger partial charge >= 0.3 is 0 Å². The Kier molecular flexibility index (Phi) is 6.47. The Balaban J connectivity index is 0.00000208. The molecular formula is C18H26ClFN2O2. The molecule has 2 saturated carbocycles. The largest absolute Gasteiger partial charge is 0.492 e. The van der Waals surface area contributed by atoms with Crippen LogP contribution < -0.4 is 15.8 Å². The summed E-state index contributed by atoms with van der Waals surface area (Å²) in [5.74, 6) is 0.917. The van der Waals surface area contributed by atoms with E-state index in [0.29, 0.717) is 29.9 Å². The zero-order valence-electron chi connectivity index (χ0n) is 14.0. The van der Waals surface area contributed by atoms with Gasteiger partial charge in [-0.25, -0.2) is 4.39 Å². The van der Waals surface area contributed by atoms with Crippen LogP contribution >= 0.6 is 12.4 Å². The third kappa shape index (κ3) is 4.01. The highest BCUT2D eigenvalue weighted by atomic mass is 35.5. The van der Waals surface area contributed by atoms with Gasteiger partial charge in [-0.3, -0.25) is 4.79 Å². The molecule has 6 heteroatoms. The van der Waals surface area contributed by atoms with E-state index in [9.17, 15) is 9.18 Å². The first kappa shape index (κ1) is 19.0. The van der Waals surface area contributed by atoms with Crippen LogP contribution in [0.15, 0.2) is 18.2 Å². The number of hydrogen-bond acceptors (Lipinski definition) is 3. The summed E-state index contributed by atoms with van der Waals surface area (Å²) >= 11 is 0. The van der Waals surface area contributed by atoms with Crippen molar-refractivity contribution in [1.29, 1.82) is 0 Å². The zero-order valence-corrected chi connectivity index (χ0v) is 14.8. The van der Waals surface area contributed by atoms with Gasteiger partial charge in [0.25, 0.3) is 0 Å². The van der Waals surface area contributed by atoms with Crippen molar-refractivity contribution in [3.63, 3.8) is 0 Å². The number of halogens is 2. The van der Waals surface area contributed by atoms with Crippen molar-refractivity contribution in [2.24, 2.45) is 23.5 Å². The Morgan fingerprint density at radius 2 is 2.00 bits per heavy atom. The Labute approximate surface area is 148 Å². The fraction of sp³-hybridized carbons (Fsp3) is 0.611. The number of rotatable bonds is 4. The molecule has 2 atom stereocenters. The highest BCUT2D eigenvalue weighted by molar-refractivity contribution is 5.94. The summed E-state index contributed by atoms with van der Waals surface area (Å²) in [5, 5.41) is 2.92. The monoisotopic (exact) mass is 356 g/mol. The number of carbonyl (C=O) groups is 1. The van der Waals surface area contributed by atoms with Gasteiger partial charge in [-0.05, 0) is 56.6 Å². The molecule has 134 valence electrons. The smallest absolute Gasteiger partial charge is 0.227 e. The van der Waals surface area contributed by atoms with Gasteiger partial charge in [0, 0.05) is 18.0 Å². The predicted octanol–water partition coefficient (Wildman–Crippen LogP) is 3.74. The minimum Gasteiger partial charge on any atom is -0.492 e. The normalized spacial score (nSPS) is 28.6. The fourth-order valence-electron chi connectivity index (χ4n) is 4.11. The average molecular weight is 357 g/mol. The SMILES string of the molecule is CCOc1cc(F)ccc1NC(=O)C1CC2CCCC(C1)C2N.Cl. The van der Waals surface area contributed by atoms with Gasteiger partial charge in [-0.1, -0.05) is 6.42 Å². The van der Waals surface area contributed by atoms with Gasteiger partial charge in [-0.2, -0.15) is 0 Å². The summed E-state index contributed by atoms with van der Waals surface area (Å²) in [4.78, 5) is 12.6. The number of anilines is 1. The number of benzene rings is 1. The molecule has 0 spiro atoms. The van der Waals surface area contributed by atoms with Crippen LogP contribution in [-0.4, -0.2) is 18.6 Å². The summed E-state index contributed by atoms with van der Waals surface area (Å²) in [6.45, 7) is 2.26. The molecule has 2 unspecified atom stereocenters. The summed E-state index contributed by atoms with van der Waals surface area (Å²) in [6.07, 6.45) is 5.19. The summed E-state index contributed by atoms with van der Waals surface area (Å²) in [5.41, 5.74) is 6.83. The van der Waals surface area contributed by atoms with Crippen molar-refractivity contribution >= 4 is 24.0 Å². The second-order valence-corrected chi connectivity index (χ2v) is 6.76. The van der Waals surface area contributed by atoms with Gasteiger partial charge in [-0.15, -0.1) is 12.4 Å². The molecule has 1 amide bonds. The third-order valence-corrected chi connectivity index (χ3v) is 5.29. The molecule has 3 rings (SSSR count). The van der Waals surface area contributed by atoms with Crippen molar-refractivity contribution in [3.05, 3.63) is 24.0 Å². The lowest BCUT2D eigenvalue weighted by atomic mass is 9.65. The molecule has 2 bridgehead atoms. The second kappa shape index (κ2) is 8.17. The molecular weight excluding hydrogens is 331 g/mol. The quantitative estimate of drug-likeness (QED) is 0.863. The minimum atomic E-state index is -0.371. The lowest BCUT2D eigenvalue weighted by Gasteiger charge is -2.43. The number of nitrogens with one attached hydrogen (secondary N) is 1. The van der Waals surface area contributed by atoms with Crippen molar-refractivity contribution in [1.82, 2.24) is 0 Å². The first-order chi connectivity index (χ1) is 11.1. The van der Waals surface area contributed by atoms with Gasteiger partial charge in [0.05, 0.1) is 12.3 Å². The molecule has 2 fully saturated rings. The maximum Gasteiger partial charge on any atom is 0.227 e. The number of nitrogens with two attached hydrogens (primary N) is 1. The van der Waals surface area contributed by atoms with Crippen LogP contribution in [0.2, 0.25) is 0 Å². The molecule has 4 nitrogen and oxygen atoms in total. The topological polar surface area (TPSA) is 64.3 Å². The molecule has 0 radical (unpaired) electrons. The number of hydrogen-bond donors (Lipinski definition) is 2. The number of fused-ring (bicyclic) bond motifs is 2. The van der Waals surface area contributed by atoms with Crippen molar-refractivity contribution in [3.8, 4) is 5.75 Å². The van der Waals surface area contributed by atoms with Gasteiger partial charge < -0.3 is 15.8 Å². The van der Waals surface area contributed by atoms with E-state index in [1.165, 1.54) is 18.6 Å². The van der Waals surface area contributed by atoms with Crippen LogP contribution in [0.5, 0.6) is 5.75 Å². The van der Waals surface area contributed by atoms with E-state index in [0.717, 1.165) is 25.7 Å². The van der Waals surface area contributed by atoms with Crippen molar-refractivity contribution in [2.75, 3.05) is 11.9 Å². The van der Waals surface area contributed by atoms with E-state index in [4.69, 9.17) is 10.5 Å². The van der Waals surface area contributed by atoms with Gasteiger partial charge in [0.2, 0.25) is 5.91 Å². The van der Waals surface area contributed by atoms with Crippen LogP contribution in [0, 0.1) is 23.6 Å². The fourth-order valence-corrected chi connectivity index (χ4v) is 4.11. The molecule has 0 aliphatic heterocycles. The van der Waals surface area contributed by atoms with E-state index in [-0.39, 0.29) is 36.1 Å².